The first-order valence-electron chi connectivity index (χ1n) is 9.40. The van der Waals surface area contributed by atoms with Crippen molar-refractivity contribution in [2.75, 3.05) is 7.05 Å². The number of carbonyl (C=O) groups is 1. The van der Waals surface area contributed by atoms with E-state index in [1.165, 1.54) is 17.7 Å². The van der Waals surface area contributed by atoms with E-state index in [1.807, 2.05) is 13.0 Å². The van der Waals surface area contributed by atoms with E-state index in [9.17, 15) is 13.6 Å². The van der Waals surface area contributed by atoms with Crippen LogP contribution in [-0.4, -0.2) is 29.6 Å². The van der Waals surface area contributed by atoms with Crippen LogP contribution in [-0.2, 0) is 10.7 Å². The number of likely N-dealkylation sites (N-methyl/N-ethyl adjacent to an activating group) is 1. The van der Waals surface area contributed by atoms with Gasteiger partial charge in [0.25, 0.3) is 5.92 Å². The van der Waals surface area contributed by atoms with Gasteiger partial charge in [-0.1, -0.05) is 48.1 Å². The number of allylic oxidation sites excluding steroid dienone is 3. The van der Waals surface area contributed by atoms with Crippen LogP contribution >= 0.6 is 0 Å². The molecule has 4 atom stereocenters. The van der Waals surface area contributed by atoms with Crippen molar-refractivity contribution < 1.29 is 13.6 Å². The van der Waals surface area contributed by atoms with Gasteiger partial charge in [-0.05, 0) is 38.7 Å². The van der Waals surface area contributed by atoms with Crippen molar-refractivity contribution in [1.82, 2.24) is 10.2 Å². The minimum absolute atomic E-state index is 0.0142. The zero-order valence-corrected chi connectivity index (χ0v) is 16.6. The van der Waals surface area contributed by atoms with Crippen LogP contribution in [0.25, 0.3) is 0 Å². The van der Waals surface area contributed by atoms with Crippen LogP contribution in [0, 0.1) is 5.92 Å². The van der Waals surface area contributed by atoms with Gasteiger partial charge in [0.15, 0.2) is 0 Å². The van der Waals surface area contributed by atoms with Gasteiger partial charge in [0, 0.05) is 25.1 Å². The minimum atomic E-state index is -2.89. The summed E-state index contributed by atoms with van der Waals surface area (Å²) in [4.78, 5) is 15.0. The van der Waals surface area contributed by atoms with Crippen molar-refractivity contribution >= 4 is 5.91 Å². The fraction of sp³-hybridized carbons (Fsp3) is 0.500. The van der Waals surface area contributed by atoms with Gasteiger partial charge in [0.2, 0.25) is 5.91 Å². The monoisotopic (exact) mass is 374 g/mol. The fourth-order valence-electron chi connectivity index (χ4n) is 4.31. The van der Waals surface area contributed by atoms with E-state index in [4.69, 9.17) is 0 Å². The maximum Gasteiger partial charge on any atom is 0.270 e. The first-order valence-corrected chi connectivity index (χ1v) is 9.40. The summed E-state index contributed by atoms with van der Waals surface area (Å²) in [5, 5.41) is 3.64. The van der Waals surface area contributed by atoms with Crippen molar-refractivity contribution in [1.29, 1.82) is 0 Å². The Morgan fingerprint density at radius 1 is 1.26 bits per heavy atom. The molecule has 1 heterocycles. The molecule has 1 N–H and O–H groups in total. The number of halogens is 2. The summed E-state index contributed by atoms with van der Waals surface area (Å²) in [6.07, 6.45) is 7.05. The lowest BCUT2D eigenvalue weighted by Gasteiger charge is -2.52. The standard InChI is InChI=1S/C22H28F2N2O/c1-14-7-6-8-18(13-14)21(3)19(20(27)26(5)15(2)25-21)16-9-11-17(12-10-16)22(4,23)24/h6-12,15,18-19,25H,13H2,1-5H3/t15?,18?,19-,21+/m0/s1. The molecule has 0 bridgehead atoms. The average Bonchev–Trinajstić information content (AvgIpc) is 2.59. The third-order valence-electron chi connectivity index (χ3n) is 6.08. The van der Waals surface area contributed by atoms with Gasteiger partial charge in [-0.15, -0.1) is 0 Å². The Kier molecular flexibility index (Phi) is 5.02. The zero-order valence-electron chi connectivity index (χ0n) is 16.6. The molecule has 27 heavy (non-hydrogen) atoms. The maximum absolute atomic E-state index is 13.6. The third kappa shape index (κ3) is 3.57. The Morgan fingerprint density at radius 3 is 2.44 bits per heavy atom. The van der Waals surface area contributed by atoms with Gasteiger partial charge in [0.1, 0.15) is 0 Å². The number of alkyl halides is 2. The molecule has 1 aromatic rings. The highest BCUT2D eigenvalue weighted by Gasteiger charge is 2.51. The van der Waals surface area contributed by atoms with Crippen molar-refractivity contribution in [3.05, 3.63) is 59.2 Å². The molecule has 0 aromatic heterocycles. The number of benzene rings is 1. The second-order valence-electron chi connectivity index (χ2n) is 8.20. The molecular formula is C22H28F2N2O. The van der Waals surface area contributed by atoms with Crippen molar-refractivity contribution in [3.8, 4) is 0 Å². The molecule has 3 rings (SSSR count). The van der Waals surface area contributed by atoms with E-state index < -0.39 is 17.4 Å². The second kappa shape index (κ2) is 6.86. The first kappa shape index (κ1) is 19.7. The van der Waals surface area contributed by atoms with Crippen LogP contribution in [0.5, 0.6) is 0 Å². The number of rotatable bonds is 3. The lowest BCUT2D eigenvalue weighted by Crippen LogP contribution is -2.68. The summed E-state index contributed by atoms with van der Waals surface area (Å²) in [5.41, 5.74) is 1.49. The molecule has 0 radical (unpaired) electrons. The van der Waals surface area contributed by atoms with Crippen LogP contribution in [0.3, 0.4) is 0 Å². The molecule has 1 aliphatic heterocycles. The van der Waals surface area contributed by atoms with Crippen LogP contribution in [0.4, 0.5) is 8.78 Å². The molecule has 3 nitrogen and oxygen atoms in total. The predicted molar refractivity (Wildman–Crippen MR) is 104 cm³/mol. The molecule has 146 valence electrons. The summed E-state index contributed by atoms with van der Waals surface area (Å²) in [6, 6.07) is 6.22. The van der Waals surface area contributed by atoms with E-state index in [1.54, 1.807) is 24.1 Å². The highest BCUT2D eigenvalue weighted by Crippen LogP contribution is 2.43. The first-order chi connectivity index (χ1) is 12.5. The van der Waals surface area contributed by atoms with Crippen LogP contribution < -0.4 is 5.32 Å². The van der Waals surface area contributed by atoms with Crippen LogP contribution in [0.15, 0.2) is 48.1 Å². The average molecular weight is 374 g/mol. The lowest BCUT2D eigenvalue weighted by molar-refractivity contribution is -0.142. The summed E-state index contributed by atoms with van der Waals surface area (Å²) >= 11 is 0. The molecule has 0 spiro atoms. The van der Waals surface area contributed by atoms with Gasteiger partial charge in [-0.3, -0.25) is 10.1 Å². The van der Waals surface area contributed by atoms with E-state index in [2.05, 4.69) is 31.3 Å². The second-order valence-corrected chi connectivity index (χ2v) is 8.20. The highest BCUT2D eigenvalue weighted by atomic mass is 19.3. The number of amides is 1. The topological polar surface area (TPSA) is 32.3 Å². The SMILES string of the molecule is CC1=CC=CC([C@@]2(C)NC(C)N(C)C(=O)[C@@H]2c2ccc(C(C)(F)F)cc2)C1. The van der Waals surface area contributed by atoms with Crippen molar-refractivity contribution in [3.63, 3.8) is 0 Å². The van der Waals surface area contributed by atoms with Gasteiger partial charge in [-0.2, -0.15) is 0 Å². The van der Waals surface area contributed by atoms with Gasteiger partial charge >= 0.3 is 0 Å². The lowest BCUT2D eigenvalue weighted by atomic mass is 9.67. The molecule has 5 heteroatoms. The van der Waals surface area contributed by atoms with Gasteiger partial charge < -0.3 is 4.90 Å². The van der Waals surface area contributed by atoms with E-state index >= 15 is 0 Å². The molecule has 0 saturated carbocycles. The number of nitrogens with zero attached hydrogens (tertiary/aromatic N) is 1. The summed E-state index contributed by atoms with van der Waals surface area (Å²) < 4.78 is 27.2. The number of hydrogen-bond acceptors (Lipinski definition) is 2. The Morgan fingerprint density at radius 2 is 1.89 bits per heavy atom. The van der Waals surface area contributed by atoms with Gasteiger partial charge in [0.05, 0.1) is 12.1 Å². The Bertz CT molecular complexity index is 778. The predicted octanol–water partition coefficient (Wildman–Crippen LogP) is 4.57. The van der Waals surface area contributed by atoms with Crippen LogP contribution in [0.1, 0.15) is 51.2 Å². The summed E-state index contributed by atoms with van der Waals surface area (Å²) in [7, 11) is 1.78. The molecule has 2 aliphatic rings. The van der Waals surface area contributed by atoms with Crippen LogP contribution in [0.2, 0.25) is 0 Å². The van der Waals surface area contributed by atoms with Gasteiger partial charge in [-0.25, -0.2) is 8.78 Å². The fourth-order valence-corrected chi connectivity index (χ4v) is 4.31. The number of carbonyl (C=O) groups excluding carboxylic acids is 1. The highest BCUT2D eigenvalue weighted by molar-refractivity contribution is 5.86. The van der Waals surface area contributed by atoms with E-state index in [0.29, 0.717) is 0 Å². The molecule has 1 aliphatic carbocycles. The maximum atomic E-state index is 13.6. The smallest absolute Gasteiger partial charge is 0.270 e. The summed E-state index contributed by atoms with van der Waals surface area (Å²) in [5.74, 6) is -3.19. The van der Waals surface area contributed by atoms with E-state index in [-0.39, 0.29) is 23.6 Å². The molecule has 1 saturated heterocycles. The Balaban J connectivity index is 2.04. The quantitative estimate of drug-likeness (QED) is 0.840. The zero-order chi connectivity index (χ0) is 20.0. The molecule has 2 unspecified atom stereocenters. The third-order valence-corrected chi connectivity index (χ3v) is 6.08. The van der Waals surface area contributed by atoms with E-state index in [0.717, 1.165) is 18.9 Å². The Labute approximate surface area is 160 Å². The molecule has 1 fully saturated rings. The normalized spacial score (nSPS) is 31.8. The number of hydrogen-bond donors (Lipinski definition) is 1. The molecular weight excluding hydrogens is 346 g/mol. The minimum Gasteiger partial charge on any atom is -0.330 e. The Hall–Kier alpha value is -2.01. The molecule has 1 amide bonds. The van der Waals surface area contributed by atoms with Crippen molar-refractivity contribution in [2.45, 2.75) is 57.7 Å². The number of nitrogens with one attached hydrogen (secondary N) is 1. The largest absolute Gasteiger partial charge is 0.330 e. The molecule has 1 aromatic carbocycles. The van der Waals surface area contributed by atoms with Crippen molar-refractivity contribution in [2.24, 2.45) is 5.92 Å². The summed E-state index contributed by atoms with van der Waals surface area (Å²) in [6.45, 7) is 7.03.